The van der Waals surface area contributed by atoms with Crippen LogP contribution in [0, 0.1) is 13.8 Å². The third-order valence-corrected chi connectivity index (χ3v) is 2.47. The molecule has 0 heterocycles. The van der Waals surface area contributed by atoms with Crippen LogP contribution in [0.3, 0.4) is 0 Å². The topological polar surface area (TPSA) is 37.3 Å². The van der Waals surface area contributed by atoms with Crippen LogP contribution in [0.5, 0.6) is 0 Å². The summed E-state index contributed by atoms with van der Waals surface area (Å²) in [5, 5.41) is 0.533. The predicted molar refractivity (Wildman–Crippen MR) is 45.4 cm³/mol. The van der Waals surface area contributed by atoms with Crippen molar-refractivity contribution in [3.05, 3.63) is 29.3 Å². The maximum absolute atomic E-state index is 10.7. The minimum atomic E-state index is -2.18. The normalized spacial score (nSPS) is 11.4. The highest BCUT2D eigenvalue weighted by molar-refractivity contribution is 7.47. The van der Waals surface area contributed by atoms with E-state index in [0.717, 1.165) is 11.1 Å². The Labute approximate surface area is 66.7 Å². The second-order valence-electron chi connectivity index (χ2n) is 2.56. The maximum Gasteiger partial charge on any atom is 0.546 e. The number of hydrogen-bond acceptors (Lipinski definition) is 1. The molecule has 0 aromatic heterocycles. The molecule has 1 atom stereocenters. The van der Waals surface area contributed by atoms with E-state index in [1.165, 1.54) is 0 Å². The van der Waals surface area contributed by atoms with Gasteiger partial charge in [0, 0.05) is 5.56 Å². The first kappa shape index (κ1) is 8.38. The van der Waals surface area contributed by atoms with Crippen molar-refractivity contribution < 1.29 is 9.46 Å². The Morgan fingerprint density at radius 3 is 2.45 bits per heavy atom. The fourth-order valence-electron chi connectivity index (χ4n) is 1.02. The summed E-state index contributed by atoms with van der Waals surface area (Å²) in [6.45, 7) is 3.80. The van der Waals surface area contributed by atoms with Crippen molar-refractivity contribution in [3.63, 3.8) is 0 Å². The lowest BCUT2D eigenvalue weighted by molar-refractivity contribution is 0.513. The van der Waals surface area contributed by atoms with Crippen LogP contribution in [0.2, 0.25) is 0 Å². The van der Waals surface area contributed by atoms with Gasteiger partial charge in [-0.3, -0.25) is 0 Å². The van der Waals surface area contributed by atoms with Gasteiger partial charge in [0.05, 0.1) is 0 Å². The average molecular weight is 169 g/mol. The molecule has 11 heavy (non-hydrogen) atoms. The van der Waals surface area contributed by atoms with E-state index >= 15 is 0 Å². The van der Waals surface area contributed by atoms with Gasteiger partial charge in [-0.15, -0.1) is 0 Å². The minimum absolute atomic E-state index is 0.533. The van der Waals surface area contributed by atoms with E-state index in [1.807, 2.05) is 26.0 Å². The van der Waals surface area contributed by atoms with Crippen molar-refractivity contribution in [3.8, 4) is 0 Å². The second-order valence-corrected chi connectivity index (χ2v) is 3.59. The molecular weight excluding hydrogens is 159 g/mol. The molecule has 58 valence electrons. The third-order valence-electron chi connectivity index (χ3n) is 1.56. The fourth-order valence-corrected chi connectivity index (χ4v) is 1.59. The van der Waals surface area contributed by atoms with Crippen LogP contribution in [-0.2, 0) is 4.57 Å². The Morgan fingerprint density at radius 2 is 2.00 bits per heavy atom. The fraction of sp³-hybridized carbons (Fsp3) is 0.250. The lowest BCUT2D eigenvalue weighted by Crippen LogP contribution is -2.00. The predicted octanol–water partition coefficient (Wildman–Crippen LogP) is 1.66. The molecule has 1 aromatic carbocycles. The smallest absolute Gasteiger partial charge is 0.156 e. The van der Waals surface area contributed by atoms with Gasteiger partial charge in [-0.2, -0.15) is 4.89 Å². The zero-order valence-corrected chi connectivity index (χ0v) is 7.43. The molecule has 0 radical (unpaired) electrons. The number of benzene rings is 1. The lowest BCUT2D eigenvalue weighted by atomic mass is 10.2. The molecule has 0 aliphatic heterocycles. The molecule has 0 aliphatic rings. The molecule has 0 spiro atoms. The van der Waals surface area contributed by atoms with Gasteiger partial charge in [0.25, 0.3) is 0 Å². The standard InChI is InChI=1S/C8H9O2P/c1-6-3-4-8(11(9)10)7(2)5-6/h3-5H,1-2H3/p+1. The minimum Gasteiger partial charge on any atom is -0.156 e. The van der Waals surface area contributed by atoms with E-state index in [4.69, 9.17) is 4.89 Å². The number of hydrogen-bond donors (Lipinski definition) is 1. The number of rotatable bonds is 1. The van der Waals surface area contributed by atoms with Crippen LogP contribution < -0.4 is 5.30 Å². The third kappa shape index (κ3) is 1.86. The summed E-state index contributed by atoms with van der Waals surface area (Å²) in [5.41, 5.74) is 2.00. The van der Waals surface area contributed by atoms with E-state index in [0.29, 0.717) is 5.30 Å². The van der Waals surface area contributed by atoms with E-state index < -0.39 is 8.03 Å². The molecule has 3 heteroatoms. The quantitative estimate of drug-likeness (QED) is 0.649. The Morgan fingerprint density at radius 1 is 1.36 bits per heavy atom. The highest BCUT2D eigenvalue weighted by atomic mass is 31.1. The molecule has 0 saturated heterocycles. The van der Waals surface area contributed by atoms with Crippen LogP contribution in [0.1, 0.15) is 11.1 Å². The van der Waals surface area contributed by atoms with Gasteiger partial charge >= 0.3 is 8.03 Å². The highest BCUT2D eigenvalue weighted by Crippen LogP contribution is 2.16. The molecule has 1 unspecified atom stereocenters. The molecule has 0 aliphatic carbocycles. The zero-order valence-electron chi connectivity index (χ0n) is 6.53. The summed E-state index contributed by atoms with van der Waals surface area (Å²) < 4.78 is 10.7. The van der Waals surface area contributed by atoms with E-state index in [2.05, 4.69) is 0 Å². The monoisotopic (exact) mass is 169 g/mol. The maximum atomic E-state index is 10.7. The molecule has 1 aromatic rings. The Bertz CT molecular complexity index is 294. The second kappa shape index (κ2) is 3.12. The van der Waals surface area contributed by atoms with E-state index in [9.17, 15) is 4.57 Å². The number of aryl methyl sites for hydroxylation is 2. The molecule has 0 bridgehead atoms. The molecule has 1 N–H and O–H groups in total. The largest absolute Gasteiger partial charge is 0.546 e. The first-order valence-corrected chi connectivity index (χ1v) is 4.56. The van der Waals surface area contributed by atoms with Crippen molar-refractivity contribution >= 4 is 13.3 Å². The van der Waals surface area contributed by atoms with Gasteiger partial charge in [-0.25, -0.2) is 0 Å². The van der Waals surface area contributed by atoms with E-state index in [-0.39, 0.29) is 0 Å². The van der Waals surface area contributed by atoms with Gasteiger partial charge < -0.3 is 0 Å². The van der Waals surface area contributed by atoms with Gasteiger partial charge in [0.15, 0.2) is 0 Å². The van der Waals surface area contributed by atoms with Gasteiger partial charge in [-0.05, 0) is 24.5 Å². The Kier molecular flexibility index (Phi) is 2.38. The molecule has 0 fully saturated rings. The summed E-state index contributed by atoms with van der Waals surface area (Å²) in [6.07, 6.45) is 0. The molecule has 0 amide bonds. The molecule has 1 rings (SSSR count). The van der Waals surface area contributed by atoms with Crippen molar-refractivity contribution in [2.75, 3.05) is 0 Å². The summed E-state index contributed by atoms with van der Waals surface area (Å²) in [5.74, 6) is 0. The first-order chi connectivity index (χ1) is 5.11. The van der Waals surface area contributed by atoms with Crippen LogP contribution in [0.15, 0.2) is 18.2 Å². The SMILES string of the molecule is Cc1ccc([P+](=O)O)c(C)c1. The Balaban J connectivity index is 3.20. The van der Waals surface area contributed by atoms with Gasteiger partial charge in [0.2, 0.25) is 5.30 Å². The van der Waals surface area contributed by atoms with Crippen molar-refractivity contribution in [1.29, 1.82) is 0 Å². The van der Waals surface area contributed by atoms with Crippen molar-refractivity contribution in [2.24, 2.45) is 0 Å². The average Bonchev–Trinajstić information content (AvgIpc) is 1.85. The van der Waals surface area contributed by atoms with Crippen LogP contribution in [0.25, 0.3) is 0 Å². The first-order valence-electron chi connectivity index (χ1n) is 3.34. The van der Waals surface area contributed by atoms with Crippen molar-refractivity contribution in [2.45, 2.75) is 13.8 Å². The van der Waals surface area contributed by atoms with Crippen LogP contribution >= 0.6 is 8.03 Å². The summed E-state index contributed by atoms with van der Waals surface area (Å²) in [4.78, 5) is 8.80. The van der Waals surface area contributed by atoms with Crippen molar-refractivity contribution in [1.82, 2.24) is 0 Å². The van der Waals surface area contributed by atoms with Gasteiger partial charge in [-0.1, -0.05) is 17.7 Å². The van der Waals surface area contributed by atoms with E-state index in [1.54, 1.807) is 6.07 Å². The summed E-state index contributed by atoms with van der Waals surface area (Å²) in [6, 6.07) is 5.44. The van der Waals surface area contributed by atoms with Crippen LogP contribution in [-0.4, -0.2) is 4.89 Å². The molecule has 0 saturated carbocycles. The zero-order chi connectivity index (χ0) is 8.43. The Hall–Kier alpha value is -0.720. The summed E-state index contributed by atoms with van der Waals surface area (Å²) >= 11 is 0. The van der Waals surface area contributed by atoms with Crippen LogP contribution in [0.4, 0.5) is 0 Å². The lowest BCUT2D eigenvalue weighted by Gasteiger charge is -1.93. The van der Waals surface area contributed by atoms with Gasteiger partial charge in [0.1, 0.15) is 0 Å². The molecule has 2 nitrogen and oxygen atoms in total. The molecular formula is C8H10O2P+. The highest BCUT2D eigenvalue weighted by Gasteiger charge is 2.18. The summed E-state index contributed by atoms with van der Waals surface area (Å²) in [7, 11) is -2.18.